The number of aromatic nitrogens is 1. The highest BCUT2D eigenvalue weighted by Gasteiger charge is 2.36. The van der Waals surface area contributed by atoms with Gasteiger partial charge < -0.3 is 4.57 Å². The van der Waals surface area contributed by atoms with Crippen molar-refractivity contribution in [1.29, 1.82) is 0 Å². The number of hydrogen-bond acceptors (Lipinski definition) is 0. The van der Waals surface area contributed by atoms with Crippen molar-refractivity contribution in [3.05, 3.63) is 199 Å². The minimum atomic E-state index is -0.106. The third-order valence-corrected chi connectivity index (χ3v) is 12.0. The minimum Gasteiger partial charge on any atom is -0.309 e. The molecule has 0 bridgehead atoms. The molecule has 0 spiro atoms. The zero-order valence-electron chi connectivity index (χ0n) is 30.3. The molecule has 0 atom stereocenters. The minimum absolute atomic E-state index is 0.106. The molecule has 11 rings (SSSR count). The fraction of sp³-hybridized carbons (Fsp3) is 0.0566. The number of para-hydroxylation sites is 2. The normalized spacial score (nSPS) is 13.1. The molecule has 1 heterocycles. The lowest BCUT2D eigenvalue weighted by Gasteiger charge is -2.24. The molecule has 54 heavy (non-hydrogen) atoms. The molecule has 0 N–H and O–H groups in total. The van der Waals surface area contributed by atoms with Crippen LogP contribution in [0.5, 0.6) is 0 Å². The lowest BCUT2D eigenvalue weighted by molar-refractivity contribution is 0.661. The summed E-state index contributed by atoms with van der Waals surface area (Å²) in [7, 11) is 0. The summed E-state index contributed by atoms with van der Waals surface area (Å²) < 4.78 is 2.38. The summed E-state index contributed by atoms with van der Waals surface area (Å²) in [6.07, 6.45) is 0. The van der Waals surface area contributed by atoms with Crippen molar-refractivity contribution in [2.45, 2.75) is 19.3 Å². The van der Waals surface area contributed by atoms with E-state index < -0.39 is 0 Å². The van der Waals surface area contributed by atoms with Crippen molar-refractivity contribution in [3.8, 4) is 50.3 Å². The van der Waals surface area contributed by atoms with Crippen LogP contribution in [0.2, 0.25) is 0 Å². The molecule has 1 nitrogen and oxygen atoms in total. The third-order valence-electron chi connectivity index (χ3n) is 12.0. The summed E-state index contributed by atoms with van der Waals surface area (Å²) in [5.74, 6) is 0. The smallest absolute Gasteiger partial charge is 0.0540 e. The summed E-state index contributed by atoms with van der Waals surface area (Å²) in [4.78, 5) is 0. The van der Waals surface area contributed by atoms with E-state index in [0.29, 0.717) is 0 Å². The van der Waals surface area contributed by atoms with Crippen molar-refractivity contribution in [2.75, 3.05) is 0 Å². The van der Waals surface area contributed by atoms with E-state index in [1.165, 1.54) is 99.0 Å². The number of hydrogen-bond donors (Lipinski definition) is 0. The summed E-state index contributed by atoms with van der Waals surface area (Å²) in [5, 5.41) is 8.88. The van der Waals surface area contributed by atoms with E-state index in [9.17, 15) is 0 Å². The maximum absolute atomic E-state index is 2.53. The van der Waals surface area contributed by atoms with E-state index in [-0.39, 0.29) is 5.41 Å². The van der Waals surface area contributed by atoms with Gasteiger partial charge in [-0.2, -0.15) is 0 Å². The van der Waals surface area contributed by atoms with Crippen molar-refractivity contribution < 1.29 is 0 Å². The van der Waals surface area contributed by atoms with Gasteiger partial charge in [0.15, 0.2) is 0 Å². The van der Waals surface area contributed by atoms with Gasteiger partial charge in [-0.3, -0.25) is 0 Å². The first kappa shape index (κ1) is 30.9. The van der Waals surface area contributed by atoms with Crippen LogP contribution in [0.1, 0.15) is 25.0 Å². The van der Waals surface area contributed by atoms with Gasteiger partial charge in [0, 0.05) is 16.5 Å². The molecule has 0 aliphatic heterocycles. The molecule has 10 aromatic rings. The number of fused-ring (bicyclic) bond motifs is 7. The van der Waals surface area contributed by atoms with E-state index >= 15 is 0 Å². The van der Waals surface area contributed by atoms with Crippen molar-refractivity contribution in [3.63, 3.8) is 0 Å². The Kier molecular flexibility index (Phi) is 6.66. The molecule has 1 aromatic heterocycles. The molecule has 1 aliphatic carbocycles. The highest BCUT2D eigenvalue weighted by Crippen LogP contribution is 2.53. The molecule has 0 fully saturated rings. The Bertz CT molecular complexity index is 3110. The molecule has 0 saturated heterocycles. The summed E-state index contributed by atoms with van der Waals surface area (Å²) in [6, 6.07) is 69.7. The molecule has 1 aliphatic rings. The third kappa shape index (κ3) is 4.52. The SMILES string of the molecule is CC1(C)c2ccccc2-c2cc3c(-c4ccc(-c5cc6ccccc6n5-c5ccccc5)cc4)c4ccccc4c(-c4ccc5ccccc5c4)c3cc21. The van der Waals surface area contributed by atoms with E-state index in [1.54, 1.807) is 0 Å². The Morgan fingerprint density at radius 3 is 1.76 bits per heavy atom. The van der Waals surface area contributed by atoms with Crippen LogP contribution in [0, 0.1) is 0 Å². The molecule has 0 amide bonds. The fourth-order valence-corrected chi connectivity index (χ4v) is 9.37. The topological polar surface area (TPSA) is 4.93 Å². The molecular weight excluding hydrogens is 651 g/mol. The molecule has 0 unspecified atom stereocenters. The van der Waals surface area contributed by atoms with E-state index in [4.69, 9.17) is 0 Å². The van der Waals surface area contributed by atoms with Crippen LogP contribution in [0.4, 0.5) is 0 Å². The predicted octanol–water partition coefficient (Wildman–Crippen LogP) is 14.4. The van der Waals surface area contributed by atoms with Gasteiger partial charge in [-0.25, -0.2) is 0 Å². The second-order valence-corrected chi connectivity index (χ2v) is 15.3. The Balaban J connectivity index is 1.19. The van der Waals surface area contributed by atoms with Gasteiger partial charge in [0.1, 0.15) is 0 Å². The van der Waals surface area contributed by atoms with Crippen molar-refractivity contribution >= 4 is 43.2 Å². The quantitative estimate of drug-likeness (QED) is 0.162. The summed E-state index contributed by atoms with van der Waals surface area (Å²) in [5.41, 5.74) is 15.2. The Labute approximate surface area is 315 Å². The van der Waals surface area contributed by atoms with Crippen LogP contribution >= 0.6 is 0 Å². The zero-order valence-corrected chi connectivity index (χ0v) is 30.3. The van der Waals surface area contributed by atoms with Crippen LogP contribution in [-0.4, -0.2) is 4.57 Å². The van der Waals surface area contributed by atoms with E-state index in [2.05, 4.69) is 206 Å². The maximum atomic E-state index is 2.53. The average molecular weight is 688 g/mol. The second kappa shape index (κ2) is 11.7. The first-order valence-corrected chi connectivity index (χ1v) is 18.9. The molecule has 0 saturated carbocycles. The first-order valence-electron chi connectivity index (χ1n) is 18.9. The number of benzene rings is 9. The van der Waals surface area contributed by atoms with Crippen LogP contribution in [0.3, 0.4) is 0 Å². The monoisotopic (exact) mass is 687 g/mol. The standard InChI is InChI=1S/C53H37N/c1-53(2)47-22-12-11-19-41(47)44-32-45-46(33-48(44)53)52(39-29-24-34-14-6-7-15-37(34)30-39)43-21-10-9-20-42(43)51(45)36-27-25-35(26-28-36)50-31-38-16-8-13-23-49(38)54(50)40-17-4-3-5-18-40/h3-33H,1-2H3. The number of nitrogens with zero attached hydrogens (tertiary/aromatic N) is 1. The van der Waals surface area contributed by atoms with Crippen LogP contribution < -0.4 is 0 Å². The summed E-state index contributed by atoms with van der Waals surface area (Å²) >= 11 is 0. The predicted molar refractivity (Wildman–Crippen MR) is 230 cm³/mol. The maximum Gasteiger partial charge on any atom is 0.0540 e. The first-order chi connectivity index (χ1) is 26.5. The lowest BCUT2D eigenvalue weighted by atomic mass is 9.79. The van der Waals surface area contributed by atoms with Gasteiger partial charge in [0.05, 0.1) is 11.2 Å². The molecule has 9 aromatic carbocycles. The van der Waals surface area contributed by atoms with E-state index in [1.807, 2.05) is 0 Å². The Hall–Kier alpha value is -6.70. The van der Waals surface area contributed by atoms with Crippen LogP contribution in [0.15, 0.2) is 188 Å². The van der Waals surface area contributed by atoms with Gasteiger partial charge in [-0.05, 0) is 125 Å². The lowest BCUT2D eigenvalue weighted by Crippen LogP contribution is -2.14. The van der Waals surface area contributed by atoms with Gasteiger partial charge in [0.2, 0.25) is 0 Å². The summed E-state index contributed by atoms with van der Waals surface area (Å²) in [6.45, 7) is 4.77. The van der Waals surface area contributed by atoms with Crippen molar-refractivity contribution in [2.24, 2.45) is 0 Å². The van der Waals surface area contributed by atoms with Crippen LogP contribution in [-0.2, 0) is 5.41 Å². The molecule has 1 heteroatoms. The van der Waals surface area contributed by atoms with Crippen molar-refractivity contribution in [1.82, 2.24) is 4.57 Å². The molecular formula is C53H37N. The molecule has 0 radical (unpaired) electrons. The Morgan fingerprint density at radius 1 is 0.370 bits per heavy atom. The zero-order chi connectivity index (χ0) is 36.0. The average Bonchev–Trinajstić information content (AvgIpc) is 3.72. The van der Waals surface area contributed by atoms with Crippen LogP contribution in [0.25, 0.3) is 93.5 Å². The highest BCUT2D eigenvalue weighted by molar-refractivity contribution is 6.23. The second-order valence-electron chi connectivity index (χ2n) is 15.3. The van der Waals surface area contributed by atoms with Gasteiger partial charge in [-0.15, -0.1) is 0 Å². The number of rotatable bonds is 4. The fourth-order valence-electron chi connectivity index (χ4n) is 9.37. The van der Waals surface area contributed by atoms with Gasteiger partial charge in [0.25, 0.3) is 0 Å². The highest BCUT2D eigenvalue weighted by atomic mass is 15.0. The van der Waals surface area contributed by atoms with E-state index in [0.717, 1.165) is 5.69 Å². The largest absolute Gasteiger partial charge is 0.309 e. The molecule has 254 valence electrons. The van der Waals surface area contributed by atoms with Gasteiger partial charge >= 0.3 is 0 Å². The Morgan fingerprint density at radius 2 is 0.963 bits per heavy atom. The van der Waals surface area contributed by atoms with Gasteiger partial charge in [-0.1, -0.05) is 159 Å².